The molecule has 538 valence electrons. The molecule has 0 aliphatic heterocycles. The summed E-state index contributed by atoms with van der Waals surface area (Å²) in [6.45, 7) is 8.48. The van der Waals surface area contributed by atoms with Crippen molar-refractivity contribution in [3.05, 3.63) is 243 Å². The van der Waals surface area contributed by atoms with Crippen molar-refractivity contribution in [2.24, 2.45) is 0 Å². The first-order chi connectivity index (χ1) is 47.8. The maximum atomic E-state index is 15.5. The first kappa shape index (κ1) is 73.0. The number of halogens is 30. The van der Waals surface area contributed by atoms with Crippen molar-refractivity contribution >= 4 is 49.3 Å². The van der Waals surface area contributed by atoms with Crippen LogP contribution >= 0.6 is 0 Å². The third-order valence-electron chi connectivity index (χ3n) is 17.0. The van der Waals surface area contributed by atoms with Crippen LogP contribution in [-0.4, -0.2) is 9.13 Å². The number of aromatic nitrogens is 2. The molecule has 0 bridgehead atoms. The predicted octanol–water partition coefficient (Wildman–Crippen LogP) is 27.0. The summed E-state index contributed by atoms with van der Waals surface area (Å²) in [5, 5.41) is -1.31. The van der Waals surface area contributed by atoms with Crippen LogP contribution in [-0.2, 0) is 61.8 Å². The van der Waals surface area contributed by atoms with Crippen LogP contribution in [0.3, 0.4) is 0 Å². The fourth-order valence-electron chi connectivity index (χ4n) is 12.5. The van der Waals surface area contributed by atoms with Gasteiger partial charge < -0.3 is 9.13 Å². The van der Waals surface area contributed by atoms with E-state index in [1.54, 1.807) is 0 Å². The van der Waals surface area contributed by atoms with Gasteiger partial charge in [-0.05, 0) is 153 Å². The molecule has 12 aromatic rings. The monoisotopic (exact) mass is 1490 g/mol. The highest BCUT2D eigenvalue weighted by molar-refractivity contribution is 6.14. The maximum Gasteiger partial charge on any atom is 0.417 e. The smallest absolute Gasteiger partial charge is 0.308 e. The zero-order valence-corrected chi connectivity index (χ0v) is 50.4. The van der Waals surface area contributed by atoms with Gasteiger partial charge in [0.1, 0.15) is 0 Å². The molecule has 0 fully saturated rings. The molecule has 12 rings (SSSR count). The summed E-state index contributed by atoms with van der Waals surface area (Å²) in [6, 6.07) is 11.9. The first-order valence-corrected chi connectivity index (χ1v) is 29.0. The van der Waals surface area contributed by atoms with E-state index in [9.17, 15) is 65.9 Å². The summed E-state index contributed by atoms with van der Waals surface area (Å²) >= 11 is 0. The molecule has 104 heavy (non-hydrogen) atoms. The Bertz CT molecular complexity index is 5270. The van der Waals surface area contributed by atoms with E-state index in [1.807, 2.05) is 0 Å². The molecule has 0 atom stereocenters. The average molecular weight is 1490 g/mol. The second-order valence-electron chi connectivity index (χ2n) is 23.3. The summed E-state index contributed by atoms with van der Waals surface area (Å²) < 4.78 is 443. The van der Waals surface area contributed by atoms with Crippen molar-refractivity contribution in [2.75, 3.05) is 0 Å². The van der Waals surface area contributed by atoms with E-state index in [0.29, 0.717) is 36.4 Å². The number of alkyl halides is 30. The molecule has 0 amide bonds. The highest BCUT2D eigenvalue weighted by Crippen LogP contribution is 2.53. The molecular weight excluding hydrogens is 1460 g/mol. The second kappa shape index (κ2) is 24.1. The van der Waals surface area contributed by atoms with Gasteiger partial charge in [-0.2, -0.15) is 132 Å². The highest BCUT2D eigenvalue weighted by Gasteiger charge is 2.45. The third-order valence-corrected chi connectivity index (χ3v) is 17.0. The highest BCUT2D eigenvalue weighted by atomic mass is 19.4. The van der Waals surface area contributed by atoms with Crippen LogP contribution in [0.25, 0.3) is 115 Å². The molecule has 2 aromatic heterocycles. The van der Waals surface area contributed by atoms with Gasteiger partial charge in [-0.15, -0.1) is 0 Å². The molecule has 0 saturated carbocycles. The van der Waals surface area contributed by atoms with Crippen LogP contribution in [0.2, 0.25) is 0 Å². The zero-order valence-electron chi connectivity index (χ0n) is 50.4. The molecule has 3 nitrogen and oxygen atoms in total. The van der Waals surface area contributed by atoms with Crippen LogP contribution in [0.15, 0.2) is 176 Å². The van der Waals surface area contributed by atoms with E-state index in [2.05, 4.69) is 4.85 Å². The SMILES string of the molecule is [C-]#[N+]c1cc(-n2c3cc(-c4ccc(C(F)(F)F)cc4C(F)(F)F)ccc3c3ccc(-c4ccc(C(F)(F)F)cc4C(F)(F)F)cc32)c(-n2c3cc(-c4ccc(C(F)(F)F)cc4C(F)(F)F)ccc3c3ccc(-c4ccc(C(F)(F)F)cc4C(F)(F)F)cc32)cc1-c1ccc(C(F)(F)F)cc1C(F)(F)F. The largest absolute Gasteiger partial charge is 0.417 e. The Kier molecular flexibility index (Phi) is 16.9. The molecule has 0 radical (unpaired) electrons. The van der Waals surface area contributed by atoms with Crippen molar-refractivity contribution in [3.8, 4) is 67.0 Å². The molecule has 0 saturated heterocycles. The summed E-state index contributed by atoms with van der Waals surface area (Å²) in [5.74, 6) is 0. The molecule has 0 spiro atoms. The van der Waals surface area contributed by atoms with E-state index in [4.69, 9.17) is 6.57 Å². The van der Waals surface area contributed by atoms with Gasteiger partial charge in [0, 0.05) is 21.5 Å². The first-order valence-electron chi connectivity index (χ1n) is 29.0. The van der Waals surface area contributed by atoms with Crippen molar-refractivity contribution in [1.82, 2.24) is 9.13 Å². The topological polar surface area (TPSA) is 14.2 Å². The Morgan fingerprint density at radius 2 is 0.423 bits per heavy atom. The lowest BCUT2D eigenvalue weighted by Crippen LogP contribution is -2.12. The molecule has 2 heterocycles. The summed E-state index contributed by atoms with van der Waals surface area (Å²) in [6.07, 6.45) is -56.1. The summed E-state index contributed by atoms with van der Waals surface area (Å²) in [4.78, 5) is 3.34. The lowest BCUT2D eigenvalue weighted by Gasteiger charge is -2.22. The van der Waals surface area contributed by atoms with Crippen LogP contribution in [0.1, 0.15) is 55.6 Å². The van der Waals surface area contributed by atoms with Gasteiger partial charge in [-0.1, -0.05) is 78.9 Å². The van der Waals surface area contributed by atoms with Gasteiger partial charge in [0.05, 0.1) is 95.6 Å². The number of nitrogens with zero attached hydrogens (tertiary/aromatic N) is 3. The van der Waals surface area contributed by atoms with E-state index < -0.39 is 218 Å². The van der Waals surface area contributed by atoms with Gasteiger partial charge >= 0.3 is 61.8 Å². The van der Waals surface area contributed by atoms with Crippen LogP contribution in [0.5, 0.6) is 0 Å². The third kappa shape index (κ3) is 13.3. The van der Waals surface area contributed by atoms with Gasteiger partial charge in [-0.3, -0.25) is 0 Å². The molecule has 0 aliphatic rings. The van der Waals surface area contributed by atoms with Crippen molar-refractivity contribution in [3.63, 3.8) is 0 Å². The van der Waals surface area contributed by atoms with Crippen LogP contribution < -0.4 is 0 Å². The second-order valence-corrected chi connectivity index (χ2v) is 23.3. The lowest BCUT2D eigenvalue weighted by atomic mass is 9.94. The lowest BCUT2D eigenvalue weighted by molar-refractivity contribution is -0.144. The number of hydrogen-bond donors (Lipinski definition) is 0. The number of benzene rings is 10. The van der Waals surface area contributed by atoms with Gasteiger partial charge in [0.2, 0.25) is 0 Å². The van der Waals surface area contributed by atoms with E-state index in [-0.39, 0.29) is 82.2 Å². The predicted molar refractivity (Wildman–Crippen MR) is 319 cm³/mol. The fourth-order valence-corrected chi connectivity index (χ4v) is 12.5. The number of rotatable bonds is 7. The Morgan fingerprint density at radius 1 is 0.212 bits per heavy atom. The minimum absolute atomic E-state index is 0.0818. The average Bonchev–Trinajstić information content (AvgIpc) is 1.55. The normalized spacial score (nSPS) is 13.5. The molecule has 33 heteroatoms. The molecule has 10 aromatic carbocycles. The van der Waals surface area contributed by atoms with Crippen molar-refractivity contribution < 1.29 is 132 Å². The number of fused-ring (bicyclic) bond motifs is 6. The van der Waals surface area contributed by atoms with E-state index >= 15 is 65.9 Å². The fraction of sp³-hybridized carbons (Fsp3) is 0.141. The Hall–Kier alpha value is -10.8. The molecule has 0 unspecified atom stereocenters. The standard InChI is InChI=1S/C71H29F30N3/c1-102-55-30-61(104-58-22-33(42-17-8-37(64(78,79)80)26-52(42)69(93,94)95)4-13-47(58)48-14-5-34(23-59(48)104)43-18-9-38(65(81,82)83)27-53(43)70(96,97)98)60(29-49(55)44-19-10-39(66(84,85)86)28-54(44)71(99,100)101)103-56-20-31(40-15-6-35(62(72,73)74)24-50(40)67(87,88)89)2-11-45(56)46-12-3-32(21-57(46)103)41-16-7-36(63(75,76)77)25-51(41)68(90,91)92/h2-30H. The van der Waals surface area contributed by atoms with Crippen LogP contribution in [0, 0.1) is 6.57 Å². The molecule has 0 aliphatic carbocycles. The van der Waals surface area contributed by atoms with E-state index in [1.165, 1.54) is 0 Å². The zero-order chi connectivity index (χ0) is 76.3. The van der Waals surface area contributed by atoms with Crippen LogP contribution in [0.4, 0.5) is 137 Å². The van der Waals surface area contributed by atoms with E-state index in [0.717, 1.165) is 81.9 Å². The minimum Gasteiger partial charge on any atom is -0.308 e. The minimum atomic E-state index is -5.89. The summed E-state index contributed by atoms with van der Waals surface area (Å²) in [5.41, 5.74) is -35.1. The van der Waals surface area contributed by atoms with Gasteiger partial charge in [0.25, 0.3) is 0 Å². The molecule has 0 N–H and O–H groups in total. The maximum absolute atomic E-state index is 15.5. The van der Waals surface area contributed by atoms with Crippen molar-refractivity contribution in [1.29, 1.82) is 0 Å². The van der Waals surface area contributed by atoms with Crippen molar-refractivity contribution in [2.45, 2.75) is 61.8 Å². The van der Waals surface area contributed by atoms with Gasteiger partial charge in [-0.25, -0.2) is 4.85 Å². The van der Waals surface area contributed by atoms with Gasteiger partial charge in [0.15, 0.2) is 5.69 Å². The quantitative estimate of drug-likeness (QED) is 0.112. The Balaban J connectivity index is 1.32. The summed E-state index contributed by atoms with van der Waals surface area (Å²) in [7, 11) is 0. The number of hydrogen-bond acceptors (Lipinski definition) is 0. The Morgan fingerprint density at radius 3 is 0.635 bits per heavy atom. The molecular formula is C71H29F30N3. The Labute approximate surface area is 560 Å².